The molecule has 0 fully saturated rings. The van der Waals surface area contributed by atoms with Gasteiger partial charge < -0.3 is 9.80 Å². The highest BCUT2D eigenvalue weighted by atomic mass is 15.1. The molecule has 1 aromatic rings. The van der Waals surface area contributed by atoms with Crippen LogP contribution in [0.15, 0.2) is 24.4 Å². The van der Waals surface area contributed by atoms with Crippen molar-refractivity contribution in [1.29, 1.82) is 0 Å². The number of hydrogen-bond acceptors (Lipinski definition) is 3. The standard InChI is InChI=1S/C7H10N2.C6H15N/c1-9(2)7-5-3-4-6-8-7;1-4-7(5-2)6-3/h3-6H,1-2H3;4-6H2,1-3H3. The Kier molecular flexibility index (Phi) is 8.53. The van der Waals surface area contributed by atoms with Crippen molar-refractivity contribution in [2.24, 2.45) is 0 Å². The van der Waals surface area contributed by atoms with Crippen molar-refractivity contribution in [2.75, 3.05) is 38.6 Å². The van der Waals surface area contributed by atoms with E-state index < -0.39 is 0 Å². The van der Waals surface area contributed by atoms with Crippen LogP contribution >= 0.6 is 0 Å². The topological polar surface area (TPSA) is 19.4 Å². The summed E-state index contributed by atoms with van der Waals surface area (Å²) in [6, 6.07) is 5.86. The molecule has 1 aromatic heterocycles. The predicted octanol–water partition coefficient (Wildman–Crippen LogP) is 2.50. The summed E-state index contributed by atoms with van der Waals surface area (Å²) in [6.07, 6.45) is 1.79. The molecule has 0 aromatic carbocycles. The minimum atomic E-state index is 0.998. The van der Waals surface area contributed by atoms with E-state index in [0.29, 0.717) is 0 Å². The Morgan fingerprint density at radius 1 is 1.00 bits per heavy atom. The van der Waals surface area contributed by atoms with Crippen LogP contribution in [0.25, 0.3) is 0 Å². The Bertz CT molecular complexity index is 237. The monoisotopic (exact) mass is 223 g/mol. The van der Waals surface area contributed by atoms with Crippen molar-refractivity contribution in [3.63, 3.8) is 0 Å². The summed E-state index contributed by atoms with van der Waals surface area (Å²) in [5, 5.41) is 0. The van der Waals surface area contributed by atoms with E-state index in [4.69, 9.17) is 0 Å². The van der Waals surface area contributed by atoms with Crippen molar-refractivity contribution in [3.8, 4) is 0 Å². The van der Waals surface area contributed by atoms with Gasteiger partial charge in [0.2, 0.25) is 0 Å². The van der Waals surface area contributed by atoms with Gasteiger partial charge in [-0.1, -0.05) is 26.8 Å². The third-order valence-corrected chi connectivity index (χ3v) is 2.45. The van der Waals surface area contributed by atoms with E-state index in [9.17, 15) is 0 Å². The summed E-state index contributed by atoms with van der Waals surface area (Å²) in [7, 11) is 3.95. The number of rotatable bonds is 4. The maximum atomic E-state index is 4.10. The summed E-state index contributed by atoms with van der Waals surface area (Å²) < 4.78 is 0. The second-order valence-electron chi connectivity index (χ2n) is 3.70. The van der Waals surface area contributed by atoms with Crippen LogP contribution < -0.4 is 4.90 Å². The average molecular weight is 223 g/mol. The minimum absolute atomic E-state index is 0.998. The highest BCUT2D eigenvalue weighted by Gasteiger charge is 1.90. The van der Waals surface area contributed by atoms with E-state index in [1.807, 2.05) is 37.2 Å². The summed E-state index contributed by atoms with van der Waals surface area (Å²) in [5.41, 5.74) is 0. The molecule has 92 valence electrons. The molecule has 0 bridgehead atoms. The van der Waals surface area contributed by atoms with Gasteiger partial charge in [0.25, 0.3) is 0 Å². The van der Waals surface area contributed by atoms with Gasteiger partial charge in [0.05, 0.1) is 0 Å². The fourth-order valence-corrected chi connectivity index (χ4v) is 1.29. The molecule has 0 atom stereocenters. The van der Waals surface area contributed by atoms with E-state index in [2.05, 4.69) is 30.7 Å². The molecule has 1 heterocycles. The number of aromatic nitrogens is 1. The zero-order valence-corrected chi connectivity index (χ0v) is 11.3. The van der Waals surface area contributed by atoms with E-state index in [0.717, 1.165) is 5.82 Å². The molecule has 0 N–H and O–H groups in total. The van der Waals surface area contributed by atoms with Crippen molar-refractivity contribution in [3.05, 3.63) is 24.4 Å². The number of nitrogens with zero attached hydrogens (tertiary/aromatic N) is 3. The lowest BCUT2D eigenvalue weighted by Gasteiger charge is -2.13. The maximum Gasteiger partial charge on any atom is 0.127 e. The molecule has 0 aliphatic rings. The molecule has 16 heavy (non-hydrogen) atoms. The molecule has 1 rings (SSSR count). The second-order valence-corrected chi connectivity index (χ2v) is 3.70. The Labute approximate surface area is 100 Å². The lowest BCUT2D eigenvalue weighted by atomic mass is 10.4. The molecule has 0 aliphatic carbocycles. The summed E-state index contributed by atoms with van der Waals surface area (Å²) in [5.74, 6) is 0.998. The van der Waals surface area contributed by atoms with Gasteiger partial charge in [0.15, 0.2) is 0 Å². The van der Waals surface area contributed by atoms with Crippen LogP contribution in [0.4, 0.5) is 5.82 Å². The predicted molar refractivity (Wildman–Crippen MR) is 72.0 cm³/mol. The first kappa shape index (κ1) is 14.9. The van der Waals surface area contributed by atoms with E-state index >= 15 is 0 Å². The summed E-state index contributed by atoms with van der Waals surface area (Å²) in [6.45, 7) is 10.1. The van der Waals surface area contributed by atoms with E-state index in [1.165, 1.54) is 19.6 Å². The lowest BCUT2D eigenvalue weighted by molar-refractivity contribution is 0.321. The van der Waals surface area contributed by atoms with Gasteiger partial charge in [0.1, 0.15) is 5.82 Å². The fraction of sp³-hybridized carbons (Fsp3) is 0.615. The first-order valence-corrected chi connectivity index (χ1v) is 5.96. The molecule has 3 nitrogen and oxygen atoms in total. The van der Waals surface area contributed by atoms with Crippen LogP contribution in [0, 0.1) is 0 Å². The first-order valence-electron chi connectivity index (χ1n) is 5.96. The molecule has 0 unspecified atom stereocenters. The van der Waals surface area contributed by atoms with Gasteiger partial charge >= 0.3 is 0 Å². The summed E-state index contributed by atoms with van der Waals surface area (Å²) >= 11 is 0. The molecule has 0 amide bonds. The molecule has 0 radical (unpaired) electrons. The first-order chi connectivity index (χ1) is 7.65. The zero-order chi connectivity index (χ0) is 12.4. The van der Waals surface area contributed by atoms with Crippen LogP contribution in [-0.2, 0) is 0 Å². The van der Waals surface area contributed by atoms with Crippen LogP contribution in [0.3, 0.4) is 0 Å². The Morgan fingerprint density at radius 3 is 1.75 bits per heavy atom. The van der Waals surface area contributed by atoms with Gasteiger partial charge in [-0.05, 0) is 31.8 Å². The minimum Gasteiger partial charge on any atom is -0.363 e. The van der Waals surface area contributed by atoms with Crippen LogP contribution in [0.5, 0.6) is 0 Å². The zero-order valence-electron chi connectivity index (χ0n) is 11.3. The van der Waals surface area contributed by atoms with E-state index in [1.54, 1.807) is 6.20 Å². The van der Waals surface area contributed by atoms with Crippen molar-refractivity contribution in [2.45, 2.75) is 20.8 Å². The average Bonchev–Trinajstić information content (AvgIpc) is 2.33. The third-order valence-electron chi connectivity index (χ3n) is 2.45. The molecule has 3 heteroatoms. The number of anilines is 1. The van der Waals surface area contributed by atoms with Crippen LogP contribution in [0.2, 0.25) is 0 Å². The van der Waals surface area contributed by atoms with Gasteiger partial charge in [-0.2, -0.15) is 0 Å². The molecule has 0 aliphatic heterocycles. The Morgan fingerprint density at radius 2 is 1.56 bits per heavy atom. The number of hydrogen-bond donors (Lipinski definition) is 0. The second kappa shape index (κ2) is 9.16. The Balaban J connectivity index is 0.000000293. The van der Waals surface area contributed by atoms with Crippen LogP contribution in [-0.4, -0.2) is 43.6 Å². The number of pyridine rings is 1. The van der Waals surface area contributed by atoms with Crippen molar-refractivity contribution >= 4 is 5.82 Å². The normalized spacial score (nSPS) is 9.62. The van der Waals surface area contributed by atoms with Crippen molar-refractivity contribution in [1.82, 2.24) is 9.88 Å². The quantitative estimate of drug-likeness (QED) is 0.782. The molecular formula is C13H25N3. The molecular weight excluding hydrogens is 198 g/mol. The molecule has 0 spiro atoms. The summed E-state index contributed by atoms with van der Waals surface area (Å²) in [4.78, 5) is 8.45. The lowest BCUT2D eigenvalue weighted by Crippen LogP contribution is -2.21. The van der Waals surface area contributed by atoms with Crippen LogP contribution in [0.1, 0.15) is 20.8 Å². The van der Waals surface area contributed by atoms with E-state index in [-0.39, 0.29) is 0 Å². The SMILES string of the molecule is CCN(CC)CC.CN(C)c1ccccn1. The van der Waals surface area contributed by atoms with Gasteiger partial charge in [-0.3, -0.25) is 0 Å². The fourth-order valence-electron chi connectivity index (χ4n) is 1.29. The smallest absolute Gasteiger partial charge is 0.127 e. The highest BCUT2D eigenvalue weighted by Crippen LogP contribution is 2.02. The largest absolute Gasteiger partial charge is 0.363 e. The van der Waals surface area contributed by atoms with Crippen molar-refractivity contribution < 1.29 is 0 Å². The highest BCUT2D eigenvalue weighted by molar-refractivity contribution is 5.34. The van der Waals surface area contributed by atoms with Gasteiger partial charge in [-0.25, -0.2) is 4.98 Å². The Hall–Kier alpha value is -1.09. The maximum absolute atomic E-state index is 4.10. The third kappa shape index (κ3) is 6.40. The molecule has 0 saturated heterocycles. The van der Waals surface area contributed by atoms with Gasteiger partial charge in [0, 0.05) is 20.3 Å². The van der Waals surface area contributed by atoms with Gasteiger partial charge in [-0.15, -0.1) is 0 Å². The molecule has 0 saturated carbocycles.